The molecule has 1 aliphatic carbocycles. The molecule has 0 saturated heterocycles. The molecule has 0 radical (unpaired) electrons. The number of rotatable bonds is 14. The molecule has 5 unspecified atom stereocenters. The lowest BCUT2D eigenvalue weighted by Gasteiger charge is -2.32. The molecular formula is C21H38O5S. The number of carbonyl (C=O) groups excluding carboxylic acids is 1. The highest BCUT2D eigenvalue weighted by atomic mass is 32.2. The first-order valence-electron chi connectivity index (χ1n) is 10.5. The maximum absolute atomic E-state index is 12.3. The largest absolute Gasteiger partial charge is 0.481 e. The minimum atomic E-state index is -0.799. The van der Waals surface area contributed by atoms with E-state index in [1.807, 2.05) is 6.92 Å². The van der Waals surface area contributed by atoms with E-state index in [4.69, 9.17) is 5.11 Å². The number of carboxylic acid groups (broad SMARTS) is 1. The van der Waals surface area contributed by atoms with Crippen LogP contribution in [-0.2, 0) is 9.59 Å². The number of aliphatic hydroxyl groups is 2. The van der Waals surface area contributed by atoms with Crippen LogP contribution in [0.4, 0.5) is 0 Å². The Morgan fingerprint density at radius 1 is 1.26 bits per heavy atom. The third-order valence-electron chi connectivity index (χ3n) is 5.88. The lowest BCUT2D eigenvalue weighted by atomic mass is 9.88. The number of aliphatic carboxylic acids is 1. The van der Waals surface area contributed by atoms with Crippen LogP contribution in [0.2, 0.25) is 0 Å². The lowest BCUT2D eigenvalue weighted by Crippen LogP contribution is -2.37. The molecule has 0 spiro atoms. The van der Waals surface area contributed by atoms with Gasteiger partial charge in [-0.25, -0.2) is 0 Å². The second kappa shape index (κ2) is 12.1. The summed E-state index contributed by atoms with van der Waals surface area (Å²) in [7, 11) is 0. The van der Waals surface area contributed by atoms with E-state index in [0.717, 1.165) is 44.9 Å². The molecule has 0 bridgehead atoms. The van der Waals surface area contributed by atoms with Crippen LogP contribution in [0.25, 0.3) is 0 Å². The number of thioether (sulfide) groups is 1. The molecule has 27 heavy (non-hydrogen) atoms. The number of carbonyl (C=O) groups is 2. The van der Waals surface area contributed by atoms with Crippen LogP contribution >= 0.6 is 11.8 Å². The molecule has 3 N–H and O–H groups in total. The second-order valence-electron chi connectivity index (χ2n) is 8.37. The molecule has 1 fully saturated rings. The van der Waals surface area contributed by atoms with Crippen LogP contribution in [0.3, 0.4) is 0 Å². The minimum Gasteiger partial charge on any atom is -0.481 e. The Bertz CT molecular complexity index is 465. The van der Waals surface area contributed by atoms with Gasteiger partial charge >= 0.3 is 5.97 Å². The van der Waals surface area contributed by atoms with E-state index < -0.39 is 17.7 Å². The Hall–Kier alpha value is -0.590. The molecule has 5 atom stereocenters. The van der Waals surface area contributed by atoms with Crippen molar-refractivity contribution < 1.29 is 24.9 Å². The van der Waals surface area contributed by atoms with Crippen molar-refractivity contribution in [2.24, 2.45) is 11.8 Å². The summed E-state index contributed by atoms with van der Waals surface area (Å²) >= 11 is 1.55. The van der Waals surface area contributed by atoms with Crippen molar-refractivity contribution in [3.8, 4) is 0 Å². The zero-order valence-electron chi connectivity index (χ0n) is 17.2. The predicted molar refractivity (Wildman–Crippen MR) is 110 cm³/mol. The normalized spacial score (nSPS) is 26.1. The van der Waals surface area contributed by atoms with Gasteiger partial charge in [-0.2, -0.15) is 11.8 Å². The number of carboxylic acids is 1. The molecule has 0 aromatic carbocycles. The van der Waals surface area contributed by atoms with Gasteiger partial charge in [0, 0.05) is 29.8 Å². The van der Waals surface area contributed by atoms with E-state index in [1.165, 1.54) is 0 Å². The van der Waals surface area contributed by atoms with Gasteiger partial charge in [-0.05, 0) is 32.1 Å². The van der Waals surface area contributed by atoms with E-state index in [2.05, 4.69) is 13.8 Å². The highest BCUT2D eigenvalue weighted by molar-refractivity contribution is 8.00. The van der Waals surface area contributed by atoms with Crippen molar-refractivity contribution in [2.45, 2.75) is 102 Å². The van der Waals surface area contributed by atoms with Gasteiger partial charge in [0.2, 0.25) is 0 Å². The molecule has 5 nitrogen and oxygen atoms in total. The van der Waals surface area contributed by atoms with E-state index in [-0.39, 0.29) is 35.7 Å². The van der Waals surface area contributed by atoms with Gasteiger partial charge in [0.15, 0.2) is 0 Å². The Morgan fingerprint density at radius 2 is 1.93 bits per heavy atom. The number of unbranched alkanes of at least 4 members (excludes halogenated alkanes) is 4. The van der Waals surface area contributed by atoms with Crippen molar-refractivity contribution in [2.75, 3.05) is 5.75 Å². The average molecular weight is 403 g/mol. The highest BCUT2D eigenvalue weighted by Crippen LogP contribution is 2.39. The molecule has 0 amide bonds. The molecular weight excluding hydrogens is 364 g/mol. The van der Waals surface area contributed by atoms with E-state index >= 15 is 0 Å². The molecule has 6 heteroatoms. The van der Waals surface area contributed by atoms with Crippen molar-refractivity contribution in [3.63, 3.8) is 0 Å². The predicted octanol–water partition coefficient (Wildman–Crippen LogP) is 4.04. The third-order valence-corrected chi connectivity index (χ3v) is 7.65. The Kier molecular flexibility index (Phi) is 10.9. The van der Waals surface area contributed by atoms with Crippen molar-refractivity contribution in [1.82, 2.24) is 0 Å². The summed E-state index contributed by atoms with van der Waals surface area (Å²) in [5.41, 5.74) is -0.799. The molecule has 1 rings (SSSR count). The fourth-order valence-electron chi connectivity index (χ4n) is 3.70. The standard InChI is InChI=1S/C21H38O5S/c1-4-5-10-15(2)21(3,26)14-27-20-16(17(22)13-18(20)23)11-8-6-7-9-12-19(24)25/h15-16,18,20,23,26H,4-14H2,1-3H3,(H,24,25). The first-order valence-corrected chi connectivity index (χ1v) is 11.5. The highest BCUT2D eigenvalue weighted by Gasteiger charge is 2.42. The van der Waals surface area contributed by atoms with Crippen molar-refractivity contribution in [3.05, 3.63) is 0 Å². The van der Waals surface area contributed by atoms with Gasteiger partial charge < -0.3 is 15.3 Å². The fraction of sp³-hybridized carbons (Fsp3) is 0.905. The zero-order valence-corrected chi connectivity index (χ0v) is 18.0. The lowest BCUT2D eigenvalue weighted by molar-refractivity contribution is -0.137. The Balaban J connectivity index is 2.46. The maximum Gasteiger partial charge on any atom is 0.303 e. The van der Waals surface area contributed by atoms with Gasteiger partial charge in [0.05, 0.1) is 11.7 Å². The molecule has 0 aromatic rings. The van der Waals surface area contributed by atoms with Crippen molar-refractivity contribution >= 4 is 23.5 Å². The van der Waals surface area contributed by atoms with Crippen molar-refractivity contribution in [1.29, 1.82) is 0 Å². The van der Waals surface area contributed by atoms with E-state index in [9.17, 15) is 19.8 Å². The number of ketones is 1. The quantitative estimate of drug-likeness (QED) is 0.380. The summed E-state index contributed by atoms with van der Waals surface area (Å²) < 4.78 is 0. The van der Waals surface area contributed by atoms with Gasteiger partial charge in [-0.15, -0.1) is 0 Å². The van der Waals surface area contributed by atoms with Gasteiger partial charge in [0.1, 0.15) is 5.78 Å². The zero-order chi connectivity index (χ0) is 20.4. The smallest absolute Gasteiger partial charge is 0.303 e. The van der Waals surface area contributed by atoms with Gasteiger partial charge in [0.25, 0.3) is 0 Å². The minimum absolute atomic E-state index is 0.129. The molecule has 1 aliphatic rings. The Morgan fingerprint density at radius 3 is 2.56 bits per heavy atom. The monoisotopic (exact) mass is 402 g/mol. The van der Waals surface area contributed by atoms with Crippen LogP contribution in [0, 0.1) is 11.8 Å². The summed E-state index contributed by atoms with van der Waals surface area (Å²) in [4.78, 5) is 22.8. The third kappa shape index (κ3) is 8.53. The number of hydrogen-bond acceptors (Lipinski definition) is 5. The molecule has 1 saturated carbocycles. The summed E-state index contributed by atoms with van der Waals surface area (Å²) in [6, 6.07) is 0. The second-order valence-corrected chi connectivity index (χ2v) is 9.53. The number of aliphatic hydroxyl groups excluding tert-OH is 1. The number of hydrogen-bond donors (Lipinski definition) is 3. The molecule has 0 heterocycles. The molecule has 0 aliphatic heterocycles. The van der Waals surface area contributed by atoms with Gasteiger partial charge in [-0.1, -0.05) is 46.0 Å². The SMILES string of the molecule is CCCCC(C)C(C)(O)CSC1C(O)CC(=O)C1CCCCCCC(=O)O. The number of Topliss-reactive ketones (excluding diaryl/α,β-unsaturated/α-hetero) is 1. The van der Waals surface area contributed by atoms with Crippen LogP contribution in [0.5, 0.6) is 0 Å². The first-order chi connectivity index (χ1) is 12.7. The van der Waals surface area contributed by atoms with E-state index in [0.29, 0.717) is 12.2 Å². The summed E-state index contributed by atoms with van der Waals surface area (Å²) in [6.45, 7) is 6.07. The summed E-state index contributed by atoms with van der Waals surface area (Å²) in [6.07, 6.45) is 7.05. The summed E-state index contributed by atoms with van der Waals surface area (Å²) in [5, 5.41) is 29.6. The van der Waals surface area contributed by atoms with Gasteiger partial charge in [-0.3, -0.25) is 9.59 Å². The van der Waals surface area contributed by atoms with E-state index in [1.54, 1.807) is 11.8 Å². The van der Waals surface area contributed by atoms with Crippen LogP contribution in [0.1, 0.15) is 85.0 Å². The Labute approximate surface area is 168 Å². The van der Waals surface area contributed by atoms with Crippen LogP contribution in [-0.4, -0.2) is 49.8 Å². The van der Waals surface area contributed by atoms with Crippen LogP contribution in [0.15, 0.2) is 0 Å². The topological polar surface area (TPSA) is 94.8 Å². The first kappa shape index (κ1) is 24.4. The maximum atomic E-state index is 12.3. The fourth-order valence-corrected chi connectivity index (χ4v) is 5.35. The average Bonchev–Trinajstić information content (AvgIpc) is 2.86. The summed E-state index contributed by atoms with van der Waals surface area (Å²) in [5.74, 6) is -0.0646. The molecule has 0 aromatic heterocycles. The van der Waals surface area contributed by atoms with Crippen LogP contribution < -0.4 is 0 Å². The molecule has 158 valence electrons.